The van der Waals surface area contributed by atoms with E-state index in [1.165, 1.54) is 0 Å². The lowest BCUT2D eigenvalue weighted by molar-refractivity contribution is 0.138. The van der Waals surface area contributed by atoms with Gasteiger partial charge in [-0.3, -0.25) is 0 Å². The highest BCUT2D eigenvalue weighted by atomic mass is 16.5. The Morgan fingerprint density at radius 2 is 1.70 bits per heavy atom. The molecule has 0 amide bonds. The van der Waals surface area contributed by atoms with Crippen LogP contribution in [0.1, 0.15) is 22.8 Å². The fraction of sp³-hybridized carbons (Fsp3) is 0.294. The van der Waals surface area contributed by atoms with Gasteiger partial charge < -0.3 is 15.6 Å². The number of benzene rings is 2. The van der Waals surface area contributed by atoms with Crippen molar-refractivity contribution in [2.24, 2.45) is 5.73 Å². The molecule has 0 bridgehead atoms. The van der Waals surface area contributed by atoms with Crippen LogP contribution in [0.25, 0.3) is 0 Å². The molecule has 0 heterocycles. The minimum atomic E-state index is -0.693. The third-order valence-electron chi connectivity index (χ3n) is 3.39. The summed E-state index contributed by atoms with van der Waals surface area (Å²) in [6.45, 7) is 0.477. The average Bonchev–Trinajstić information content (AvgIpc) is 2.48. The molecule has 2 aromatic carbocycles. The molecule has 0 aliphatic carbocycles. The first-order valence-corrected chi connectivity index (χ1v) is 6.76. The molecule has 2 aromatic rings. The highest BCUT2D eigenvalue weighted by Crippen LogP contribution is 2.22. The van der Waals surface area contributed by atoms with Crippen LogP contribution < -0.4 is 5.73 Å². The molecule has 3 N–H and O–H groups in total. The van der Waals surface area contributed by atoms with Gasteiger partial charge in [-0.2, -0.15) is 0 Å². The standard InChI is InChI=1S/C17H21NO2/c1-20-12-14-9-5-6-10-15(14)17(19)16(18)11-13-7-3-2-4-8-13/h2-10,16-17,19H,11-12,18H2,1H3. The molecule has 2 rings (SSSR count). The zero-order valence-electron chi connectivity index (χ0n) is 11.7. The Morgan fingerprint density at radius 3 is 2.40 bits per heavy atom. The molecule has 0 saturated heterocycles. The number of nitrogens with two attached hydrogens (primary N) is 1. The number of methoxy groups -OCH3 is 1. The van der Waals surface area contributed by atoms with Crippen molar-refractivity contribution in [2.45, 2.75) is 25.2 Å². The predicted molar refractivity (Wildman–Crippen MR) is 80.2 cm³/mol. The lowest BCUT2D eigenvalue weighted by Gasteiger charge is -2.21. The molecule has 3 heteroatoms. The number of hydrogen-bond acceptors (Lipinski definition) is 3. The highest BCUT2D eigenvalue weighted by molar-refractivity contribution is 5.30. The third-order valence-corrected chi connectivity index (χ3v) is 3.39. The van der Waals surface area contributed by atoms with Crippen molar-refractivity contribution in [1.29, 1.82) is 0 Å². The minimum absolute atomic E-state index is 0.338. The summed E-state index contributed by atoms with van der Waals surface area (Å²) in [5, 5.41) is 10.5. The average molecular weight is 271 g/mol. The molecular formula is C17H21NO2. The van der Waals surface area contributed by atoms with E-state index >= 15 is 0 Å². The molecule has 0 aliphatic rings. The first-order valence-electron chi connectivity index (χ1n) is 6.76. The Bertz CT molecular complexity index is 528. The molecule has 0 spiro atoms. The van der Waals surface area contributed by atoms with E-state index in [1.54, 1.807) is 7.11 Å². The summed E-state index contributed by atoms with van der Waals surface area (Å²) in [5.41, 5.74) is 9.11. The van der Waals surface area contributed by atoms with E-state index in [0.29, 0.717) is 13.0 Å². The van der Waals surface area contributed by atoms with E-state index in [1.807, 2.05) is 54.6 Å². The number of hydrogen-bond donors (Lipinski definition) is 2. The zero-order valence-corrected chi connectivity index (χ0v) is 11.7. The summed E-state index contributed by atoms with van der Waals surface area (Å²) in [6, 6.07) is 17.3. The van der Waals surface area contributed by atoms with Gasteiger partial charge in [-0.25, -0.2) is 0 Å². The second-order valence-corrected chi connectivity index (χ2v) is 4.93. The molecule has 0 aromatic heterocycles. The summed E-state index contributed by atoms with van der Waals surface area (Å²) < 4.78 is 5.16. The van der Waals surface area contributed by atoms with Gasteiger partial charge in [0.15, 0.2) is 0 Å². The van der Waals surface area contributed by atoms with Crippen molar-refractivity contribution < 1.29 is 9.84 Å². The van der Waals surface area contributed by atoms with Crippen LogP contribution >= 0.6 is 0 Å². The van der Waals surface area contributed by atoms with Crippen LogP contribution in [0.2, 0.25) is 0 Å². The van der Waals surface area contributed by atoms with Gasteiger partial charge in [0.2, 0.25) is 0 Å². The van der Waals surface area contributed by atoms with Gasteiger partial charge in [-0.15, -0.1) is 0 Å². The van der Waals surface area contributed by atoms with Crippen LogP contribution in [0.3, 0.4) is 0 Å². The van der Waals surface area contributed by atoms with Crippen molar-refractivity contribution in [2.75, 3.05) is 7.11 Å². The monoisotopic (exact) mass is 271 g/mol. The Balaban J connectivity index is 2.12. The van der Waals surface area contributed by atoms with Crippen LogP contribution in [0.4, 0.5) is 0 Å². The third kappa shape index (κ3) is 3.67. The van der Waals surface area contributed by atoms with Gasteiger partial charge in [0.05, 0.1) is 12.7 Å². The fourth-order valence-electron chi connectivity index (χ4n) is 2.34. The van der Waals surface area contributed by atoms with E-state index in [-0.39, 0.29) is 6.04 Å². The number of aliphatic hydroxyl groups is 1. The highest BCUT2D eigenvalue weighted by Gasteiger charge is 2.19. The molecule has 0 radical (unpaired) electrons. The quantitative estimate of drug-likeness (QED) is 0.848. The van der Waals surface area contributed by atoms with Gasteiger partial charge >= 0.3 is 0 Å². The molecule has 3 nitrogen and oxygen atoms in total. The Kier molecular flexibility index (Phi) is 5.30. The first-order chi connectivity index (χ1) is 9.72. The topological polar surface area (TPSA) is 55.5 Å². The van der Waals surface area contributed by atoms with Crippen molar-refractivity contribution in [3.8, 4) is 0 Å². The predicted octanol–water partition coefficient (Wildman–Crippen LogP) is 2.44. The normalized spacial score (nSPS) is 13.9. The summed E-state index contributed by atoms with van der Waals surface area (Å²) in [4.78, 5) is 0. The molecule has 20 heavy (non-hydrogen) atoms. The lowest BCUT2D eigenvalue weighted by Crippen LogP contribution is -2.31. The molecule has 0 saturated carbocycles. The summed E-state index contributed by atoms with van der Waals surface area (Å²) in [6.07, 6.45) is -0.0508. The van der Waals surface area contributed by atoms with Crippen molar-refractivity contribution >= 4 is 0 Å². The Hall–Kier alpha value is -1.68. The van der Waals surface area contributed by atoms with Gasteiger partial charge in [-0.1, -0.05) is 54.6 Å². The maximum absolute atomic E-state index is 10.5. The van der Waals surface area contributed by atoms with Gasteiger partial charge in [0.25, 0.3) is 0 Å². The van der Waals surface area contributed by atoms with Crippen molar-refractivity contribution in [3.05, 3.63) is 71.3 Å². The minimum Gasteiger partial charge on any atom is -0.387 e. The van der Waals surface area contributed by atoms with Gasteiger partial charge in [0, 0.05) is 13.2 Å². The van der Waals surface area contributed by atoms with E-state index in [2.05, 4.69) is 0 Å². The number of aliphatic hydroxyl groups excluding tert-OH is 1. The molecular weight excluding hydrogens is 250 g/mol. The molecule has 2 atom stereocenters. The van der Waals surface area contributed by atoms with Crippen molar-refractivity contribution in [1.82, 2.24) is 0 Å². The Morgan fingerprint density at radius 1 is 1.05 bits per heavy atom. The van der Waals surface area contributed by atoms with Crippen LogP contribution in [0.5, 0.6) is 0 Å². The van der Waals surface area contributed by atoms with Crippen LogP contribution in [0, 0.1) is 0 Å². The van der Waals surface area contributed by atoms with E-state index < -0.39 is 6.10 Å². The number of rotatable bonds is 6. The summed E-state index contributed by atoms with van der Waals surface area (Å²) >= 11 is 0. The second-order valence-electron chi connectivity index (χ2n) is 4.93. The van der Waals surface area contributed by atoms with E-state index in [0.717, 1.165) is 16.7 Å². The van der Waals surface area contributed by atoms with Gasteiger partial charge in [-0.05, 0) is 23.1 Å². The second kappa shape index (κ2) is 7.20. The number of ether oxygens (including phenoxy) is 1. The molecule has 0 aliphatic heterocycles. The first kappa shape index (κ1) is 14.7. The molecule has 0 fully saturated rings. The largest absolute Gasteiger partial charge is 0.387 e. The SMILES string of the molecule is COCc1ccccc1C(O)C(N)Cc1ccccc1. The fourth-order valence-corrected chi connectivity index (χ4v) is 2.34. The lowest BCUT2D eigenvalue weighted by atomic mass is 9.94. The van der Waals surface area contributed by atoms with Crippen LogP contribution in [-0.2, 0) is 17.8 Å². The smallest absolute Gasteiger partial charge is 0.0947 e. The van der Waals surface area contributed by atoms with Crippen molar-refractivity contribution in [3.63, 3.8) is 0 Å². The van der Waals surface area contributed by atoms with Crippen LogP contribution in [-0.4, -0.2) is 18.3 Å². The summed E-state index contributed by atoms with van der Waals surface area (Å²) in [7, 11) is 1.65. The maximum atomic E-state index is 10.5. The van der Waals surface area contributed by atoms with Gasteiger partial charge in [0.1, 0.15) is 0 Å². The van der Waals surface area contributed by atoms with E-state index in [9.17, 15) is 5.11 Å². The maximum Gasteiger partial charge on any atom is 0.0947 e. The molecule has 106 valence electrons. The Labute approximate surface area is 120 Å². The van der Waals surface area contributed by atoms with E-state index in [4.69, 9.17) is 10.5 Å². The van der Waals surface area contributed by atoms with Crippen LogP contribution in [0.15, 0.2) is 54.6 Å². The molecule has 2 unspecified atom stereocenters. The zero-order chi connectivity index (χ0) is 14.4. The summed E-state index contributed by atoms with van der Waals surface area (Å²) in [5.74, 6) is 0.